The highest BCUT2D eigenvalue weighted by molar-refractivity contribution is 4.72. The molecule has 0 aromatic heterocycles. The minimum absolute atomic E-state index is 0.301. The third kappa shape index (κ3) is 2.79. The number of methoxy groups -OCH3 is 1. The average Bonchev–Trinajstić information content (AvgIpc) is 2.50. The van der Waals surface area contributed by atoms with Crippen LogP contribution in [0.15, 0.2) is 0 Å². The van der Waals surface area contributed by atoms with E-state index in [0.29, 0.717) is 19.1 Å². The number of ether oxygens (including phenoxy) is 2. The summed E-state index contributed by atoms with van der Waals surface area (Å²) in [4.78, 5) is 0. The molecule has 3 nitrogen and oxygen atoms in total. The first kappa shape index (κ1) is 6.99. The summed E-state index contributed by atoms with van der Waals surface area (Å²) in [5, 5.41) is 9.05. The summed E-state index contributed by atoms with van der Waals surface area (Å²) in [6.45, 7) is 1.22. The van der Waals surface area contributed by atoms with Gasteiger partial charge >= 0.3 is 0 Å². The van der Waals surface area contributed by atoms with Crippen LogP contribution in [0.5, 0.6) is 0 Å². The van der Waals surface area contributed by atoms with Gasteiger partial charge in [0.2, 0.25) is 0 Å². The highest BCUT2D eigenvalue weighted by Gasteiger charge is 2.25. The zero-order valence-electron chi connectivity index (χ0n) is 5.54. The zero-order valence-corrected chi connectivity index (χ0v) is 5.54. The van der Waals surface area contributed by atoms with E-state index in [1.165, 1.54) is 0 Å². The Morgan fingerprint density at radius 2 is 2.56 bits per heavy atom. The largest absolute Gasteiger partial charge is 0.391 e. The second-order valence-electron chi connectivity index (χ2n) is 2.30. The molecule has 1 saturated heterocycles. The van der Waals surface area contributed by atoms with Gasteiger partial charge in [-0.05, 0) is 0 Å². The Balaban J connectivity index is 1.95. The van der Waals surface area contributed by atoms with E-state index >= 15 is 0 Å². The molecule has 0 aromatic carbocycles. The smallest absolute Gasteiger partial charge is 0.0835 e. The van der Waals surface area contributed by atoms with Gasteiger partial charge in [0, 0.05) is 13.5 Å². The third-order valence-electron chi connectivity index (χ3n) is 1.30. The lowest BCUT2D eigenvalue weighted by molar-refractivity contribution is 0.0543. The van der Waals surface area contributed by atoms with Gasteiger partial charge in [0.05, 0.1) is 25.4 Å². The Hall–Kier alpha value is -0.120. The molecular weight excluding hydrogens is 120 g/mol. The van der Waals surface area contributed by atoms with Gasteiger partial charge in [0.1, 0.15) is 0 Å². The molecule has 1 aliphatic rings. The van der Waals surface area contributed by atoms with E-state index in [1.807, 2.05) is 0 Å². The van der Waals surface area contributed by atoms with Crippen molar-refractivity contribution in [1.82, 2.24) is 0 Å². The maximum atomic E-state index is 9.05. The van der Waals surface area contributed by atoms with E-state index in [1.54, 1.807) is 7.11 Å². The molecule has 9 heavy (non-hydrogen) atoms. The molecular formula is C6H12O3. The quantitative estimate of drug-likeness (QED) is 0.538. The summed E-state index contributed by atoms with van der Waals surface area (Å²) in [5.41, 5.74) is 0. The molecule has 0 spiro atoms. The average molecular weight is 132 g/mol. The van der Waals surface area contributed by atoms with Crippen LogP contribution in [-0.4, -0.2) is 37.6 Å². The minimum atomic E-state index is -0.345. The Bertz CT molecular complexity index is 80.4. The molecule has 2 unspecified atom stereocenters. The lowest BCUT2D eigenvalue weighted by Gasteiger charge is -2.05. The summed E-state index contributed by atoms with van der Waals surface area (Å²) in [6.07, 6.45) is 0.672. The van der Waals surface area contributed by atoms with Gasteiger partial charge in [-0.25, -0.2) is 0 Å². The van der Waals surface area contributed by atoms with Crippen molar-refractivity contribution in [3.8, 4) is 0 Å². The fraction of sp³-hybridized carbons (Fsp3) is 1.00. The lowest BCUT2D eigenvalue weighted by atomic mass is 10.2. The molecule has 0 aliphatic carbocycles. The van der Waals surface area contributed by atoms with Crippen molar-refractivity contribution in [2.24, 2.45) is 0 Å². The number of hydrogen-bond acceptors (Lipinski definition) is 3. The second kappa shape index (κ2) is 3.15. The van der Waals surface area contributed by atoms with Crippen molar-refractivity contribution >= 4 is 0 Å². The first-order chi connectivity index (χ1) is 4.33. The van der Waals surface area contributed by atoms with E-state index in [9.17, 15) is 0 Å². The fourth-order valence-corrected chi connectivity index (χ4v) is 0.768. The van der Waals surface area contributed by atoms with Gasteiger partial charge in [-0.1, -0.05) is 0 Å². The fourth-order valence-electron chi connectivity index (χ4n) is 0.768. The first-order valence-electron chi connectivity index (χ1n) is 3.11. The maximum absolute atomic E-state index is 9.05. The summed E-state index contributed by atoms with van der Waals surface area (Å²) < 4.78 is 9.64. The van der Waals surface area contributed by atoms with Crippen molar-refractivity contribution in [2.45, 2.75) is 18.6 Å². The van der Waals surface area contributed by atoms with Gasteiger partial charge in [-0.3, -0.25) is 0 Å². The van der Waals surface area contributed by atoms with E-state index in [4.69, 9.17) is 14.6 Å². The molecule has 0 saturated carbocycles. The van der Waals surface area contributed by atoms with Gasteiger partial charge in [-0.15, -0.1) is 0 Å². The monoisotopic (exact) mass is 132 g/mol. The van der Waals surface area contributed by atoms with Crippen LogP contribution in [0.25, 0.3) is 0 Å². The van der Waals surface area contributed by atoms with Gasteiger partial charge < -0.3 is 14.6 Å². The molecule has 1 aliphatic heterocycles. The van der Waals surface area contributed by atoms with Crippen LogP contribution in [0, 0.1) is 0 Å². The van der Waals surface area contributed by atoms with Crippen molar-refractivity contribution < 1.29 is 14.6 Å². The highest BCUT2D eigenvalue weighted by atomic mass is 16.6. The number of rotatable bonds is 4. The van der Waals surface area contributed by atoms with Crippen LogP contribution in [0.3, 0.4) is 0 Å². The molecule has 0 radical (unpaired) electrons. The van der Waals surface area contributed by atoms with Crippen molar-refractivity contribution in [3.05, 3.63) is 0 Å². The maximum Gasteiger partial charge on any atom is 0.0835 e. The van der Waals surface area contributed by atoms with Gasteiger partial charge in [0.15, 0.2) is 0 Å². The summed E-state index contributed by atoms with van der Waals surface area (Å²) in [5.74, 6) is 0. The number of hydrogen-bond donors (Lipinski definition) is 1. The second-order valence-corrected chi connectivity index (χ2v) is 2.30. The molecule has 0 bridgehead atoms. The SMILES string of the molecule is COCC(O)CC1CO1. The van der Waals surface area contributed by atoms with Crippen LogP contribution in [0.1, 0.15) is 6.42 Å². The van der Waals surface area contributed by atoms with Crippen molar-refractivity contribution in [3.63, 3.8) is 0 Å². The van der Waals surface area contributed by atoms with Gasteiger partial charge in [-0.2, -0.15) is 0 Å². The number of aliphatic hydroxyl groups excluding tert-OH is 1. The molecule has 1 heterocycles. The van der Waals surface area contributed by atoms with Crippen LogP contribution in [0.4, 0.5) is 0 Å². The van der Waals surface area contributed by atoms with E-state index in [0.717, 1.165) is 6.61 Å². The molecule has 2 atom stereocenters. The molecule has 1 rings (SSSR count). The summed E-state index contributed by atoms with van der Waals surface area (Å²) in [7, 11) is 1.58. The van der Waals surface area contributed by atoms with Gasteiger partial charge in [0.25, 0.3) is 0 Å². The molecule has 0 amide bonds. The normalized spacial score (nSPS) is 28.0. The van der Waals surface area contributed by atoms with Crippen LogP contribution in [-0.2, 0) is 9.47 Å². The van der Waals surface area contributed by atoms with Crippen LogP contribution >= 0.6 is 0 Å². The standard InChI is InChI=1S/C6H12O3/c1-8-3-5(7)2-6-4-9-6/h5-7H,2-4H2,1H3. The lowest BCUT2D eigenvalue weighted by Crippen LogP contribution is -2.15. The molecule has 54 valence electrons. The van der Waals surface area contributed by atoms with E-state index in [-0.39, 0.29) is 6.10 Å². The summed E-state index contributed by atoms with van der Waals surface area (Å²) >= 11 is 0. The van der Waals surface area contributed by atoms with E-state index in [2.05, 4.69) is 0 Å². The predicted octanol–water partition coefficient (Wildman–Crippen LogP) is -0.217. The Labute approximate surface area is 54.6 Å². The number of epoxide rings is 1. The molecule has 0 aromatic rings. The molecule has 1 N–H and O–H groups in total. The highest BCUT2D eigenvalue weighted by Crippen LogP contribution is 2.15. The molecule has 1 fully saturated rings. The summed E-state index contributed by atoms with van der Waals surface area (Å²) in [6, 6.07) is 0. The van der Waals surface area contributed by atoms with Crippen LogP contribution < -0.4 is 0 Å². The van der Waals surface area contributed by atoms with Crippen molar-refractivity contribution in [1.29, 1.82) is 0 Å². The topological polar surface area (TPSA) is 42.0 Å². The first-order valence-corrected chi connectivity index (χ1v) is 3.11. The molecule has 3 heteroatoms. The third-order valence-corrected chi connectivity index (χ3v) is 1.30. The Morgan fingerprint density at radius 3 is 3.00 bits per heavy atom. The minimum Gasteiger partial charge on any atom is -0.391 e. The number of aliphatic hydroxyl groups is 1. The zero-order chi connectivity index (χ0) is 6.69. The van der Waals surface area contributed by atoms with Crippen molar-refractivity contribution in [2.75, 3.05) is 20.3 Å². The Morgan fingerprint density at radius 1 is 1.89 bits per heavy atom. The van der Waals surface area contributed by atoms with Crippen LogP contribution in [0.2, 0.25) is 0 Å². The van der Waals surface area contributed by atoms with E-state index < -0.39 is 0 Å². The Kier molecular flexibility index (Phi) is 2.45. The predicted molar refractivity (Wildman–Crippen MR) is 32.2 cm³/mol.